The third-order valence-electron chi connectivity index (χ3n) is 3.49. The standard InChI is InChI=1S/C16H10BrN3O6S/c1-19-15(22)13(27-16(19)23)5-8-4-12(11(21)6-10(8)17)26-9-2-3-14(18-7-9)20(24)25/h2-7,21H,1H3/b13-5-. The van der Waals surface area contributed by atoms with E-state index in [0.717, 1.165) is 22.9 Å². The number of phenolic OH excluding ortho intramolecular Hbond substituents is 1. The van der Waals surface area contributed by atoms with Crippen molar-refractivity contribution in [3.05, 3.63) is 55.5 Å². The molecule has 0 atom stereocenters. The molecule has 9 nitrogen and oxygen atoms in total. The Kier molecular flexibility index (Phi) is 5.15. The summed E-state index contributed by atoms with van der Waals surface area (Å²) in [6, 6.07) is 5.35. The first kappa shape index (κ1) is 18.9. The van der Waals surface area contributed by atoms with Crippen molar-refractivity contribution in [2.75, 3.05) is 7.05 Å². The molecule has 1 fully saturated rings. The molecule has 0 bridgehead atoms. The number of likely N-dealkylation sites (N-methyl/N-ethyl adjacent to an activating group) is 1. The largest absolute Gasteiger partial charge is 0.504 e. The van der Waals surface area contributed by atoms with Crippen LogP contribution in [0.4, 0.5) is 10.6 Å². The maximum absolute atomic E-state index is 12.0. The van der Waals surface area contributed by atoms with Gasteiger partial charge in [0.15, 0.2) is 23.4 Å². The number of imide groups is 1. The van der Waals surface area contributed by atoms with Gasteiger partial charge in [0.25, 0.3) is 11.1 Å². The molecule has 0 saturated carbocycles. The van der Waals surface area contributed by atoms with E-state index in [1.807, 2.05) is 0 Å². The van der Waals surface area contributed by atoms with E-state index in [2.05, 4.69) is 20.9 Å². The topological polar surface area (TPSA) is 123 Å². The number of nitrogens with zero attached hydrogens (tertiary/aromatic N) is 3. The van der Waals surface area contributed by atoms with Crippen molar-refractivity contribution in [3.8, 4) is 17.2 Å². The molecule has 2 heterocycles. The molecule has 1 aromatic carbocycles. The summed E-state index contributed by atoms with van der Waals surface area (Å²) in [6.07, 6.45) is 2.65. The molecule has 11 heteroatoms. The van der Waals surface area contributed by atoms with Gasteiger partial charge >= 0.3 is 5.82 Å². The van der Waals surface area contributed by atoms with Gasteiger partial charge in [-0.1, -0.05) is 15.9 Å². The Hall–Kier alpha value is -2.92. The van der Waals surface area contributed by atoms with Crippen molar-refractivity contribution in [3.63, 3.8) is 0 Å². The van der Waals surface area contributed by atoms with Crippen LogP contribution in [-0.4, -0.2) is 38.1 Å². The first-order valence-electron chi connectivity index (χ1n) is 7.28. The van der Waals surface area contributed by atoms with Crippen LogP contribution in [0.1, 0.15) is 5.56 Å². The second-order valence-electron chi connectivity index (χ2n) is 5.29. The number of halogens is 1. The van der Waals surface area contributed by atoms with Crippen LogP contribution in [0, 0.1) is 10.1 Å². The van der Waals surface area contributed by atoms with E-state index in [4.69, 9.17) is 4.74 Å². The van der Waals surface area contributed by atoms with Gasteiger partial charge in [-0.25, -0.2) is 0 Å². The summed E-state index contributed by atoms with van der Waals surface area (Å²) in [5, 5.41) is 20.3. The molecule has 1 aromatic heterocycles. The highest BCUT2D eigenvalue weighted by Crippen LogP contribution is 2.38. The summed E-state index contributed by atoms with van der Waals surface area (Å²) < 4.78 is 6.00. The van der Waals surface area contributed by atoms with E-state index >= 15 is 0 Å². The summed E-state index contributed by atoms with van der Waals surface area (Å²) in [5.41, 5.74) is 0.497. The lowest BCUT2D eigenvalue weighted by Crippen LogP contribution is -2.22. The second kappa shape index (κ2) is 7.37. The number of aromatic hydroxyl groups is 1. The zero-order valence-corrected chi connectivity index (χ0v) is 16.0. The van der Waals surface area contributed by atoms with Gasteiger partial charge < -0.3 is 20.0 Å². The summed E-state index contributed by atoms with van der Waals surface area (Å²) >= 11 is 4.09. The van der Waals surface area contributed by atoms with Gasteiger partial charge in [-0.2, -0.15) is 0 Å². The van der Waals surface area contributed by atoms with Gasteiger partial charge in [-0.3, -0.25) is 14.5 Å². The maximum Gasteiger partial charge on any atom is 0.363 e. The third-order valence-corrected chi connectivity index (χ3v) is 5.13. The number of thioether (sulfide) groups is 1. The highest BCUT2D eigenvalue weighted by atomic mass is 79.9. The predicted molar refractivity (Wildman–Crippen MR) is 101 cm³/mol. The molecule has 2 amide bonds. The number of benzene rings is 1. The number of amides is 2. The number of phenols is 1. The highest BCUT2D eigenvalue weighted by Gasteiger charge is 2.32. The molecular weight excluding hydrogens is 442 g/mol. The van der Waals surface area contributed by atoms with Crippen molar-refractivity contribution in [2.24, 2.45) is 0 Å². The van der Waals surface area contributed by atoms with Crippen LogP contribution in [0.3, 0.4) is 0 Å². The molecule has 3 rings (SSSR count). The number of carbonyl (C=O) groups is 2. The Morgan fingerprint density at radius 3 is 2.67 bits per heavy atom. The average molecular weight is 452 g/mol. The second-order valence-corrected chi connectivity index (χ2v) is 7.14. The summed E-state index contributed by atoms with van der Waals surface area (Å²) in [4.78, 5) is 38.5. The third kappa shape index (κ3) is 3.93. The number of carbonyl (C=O) groups excluding carboxylic acids is 2. The molecule has 1 N–H and O–H groups in total. The molecule has 0 radical (unpaired) electrons. The normalized spacial score (nSPS) is 15.5. The van der Waals surface area contributed by atoms with E-state index in [-0.39, 0.29) is 33.2 Å². The van der Waals surface area contributed by atoms with Gasteiger partial charge in [0.1, 0.15) is 0 Å². The van der Waals surface area contributed by atoms with Gasteiger partial charge in [-0.15, -0.1) is 0 Å². The van der Waals surface area contributed by atoms with Crippen molar-refractivity contribution in [1.82, 2.24) is 9.88 Å². The molecule has 1 aliphatic rings. The van der Waals surface area contributed by atoms with Crippen LogP contribution in [0.5, 0.6) is 17.2 Å². The van der Waals surface area contributed by atoms with E-state index in [1.165, 1.54) is 37.4 Å². The average Bonchev–Trinajstić information content (AvgIpc) is 2.86. The van der Waals surface area contributed by atoms with E-state index in [1.54, 1.807) is 0 Å². The van der Waals surface area contributed by atoms with Gasteiger partial charge in [-0.05, 0) is 51.5 Å². The maximum atomic E-state index is 12.0. The van der Waals surface area contributed by atoms with Gasteiger partial charge in [0.05, 0.1) is 4.91 Å². The molecule has 1 aliphatic heterocycles. The Balaban J connectivity index is 1.91. The fraction of sp³-hybridized carbons (Fsp3) is 0.0625. The molecule has 2 aromatic rings. The number of nitro groups is 1. The number of ether oxygens (including phenoxy) is 1. The van der Waals surface area contributed by atoms with Crippen molar-refractivity contribution < 1.29 is 24.4 Å². The minimum atomic E-state index is -0.639. The summed E-state index contributed by atoms with van der Waals surface area (Å²) in [5.74, 6) is -0.722. The molecule has 1 saturated heterocycles. The molecule has 138 valence electrons. The SMILES string of the molecule is CN1C(=O)S/C(=C\c2cc(Oc3ccc([N+](=O)[O-])nc3)c(O)cc2Br)C1=O. The smallest absolute Gasteiger partial charge is 0.363 e. The quantitative estimate of drug-likeness (QED) is 0.421. The molecule has 0 spiro atoms. The number of rotatable bonds is 4. The van der Waals surface area contributed by atoms with Crippen molar-refractivity contribution in [1.29, 1.82) is 0 Å². The minimum Gasteiger partial charge on any atom is -0.504 e. The fourth-order valence-electron chi connectivity index (χ4n) is 2.11. The van der Waals surface area contributed by atoms with E-state index < -0.39 is 10.8 Å². The lowest BCUT2D eigenvalue weighted by atomic mass is 10.2. The van der Waals surface area contributed by atoms with Crippen LogP contribution in [0.2, 0.25) is 0 Å². The van der Waals surface area contributed by atoms with Crippen LogP contribution in [-0.2, 0) is 4.79 Å². The zero-order chi connectivity index (χ0) is 19.7. The lowest BCUT2D eigenvalue weighted by molar-refractivity contribution is -0.389. The van der Waals surface area contributed by atoms with Gasteiger partial charge in [0, 0.05) is 17.6 Å². The van der Waals surface area contributed by atoms with Crippen LogP contribution in [0.15, 0.2) is 39.8 Å². The Labute approximate surface area is 164 Å². The number of pyridine rings is 1. The van der Waals surface area contributed by atoms with Crippen LogP contribution < -0.4 is 4.74 Å². The van der Waals surface area contributed by atoms with Gasteiger partial charge in [0.2, 0.25) is 0 Å². The number of hydrogen-bond acceptors (Lipinski definition) is 8. The Morgan fingerprint density at radius 2 is 2.11 bits per heavy atom. The van der Waals surface area contributed by atoms with Crippen LogP contribution in [0.25, 0.3) is 6.08 Å². The zero-order valence-electron chi connectivity index (χ0n) is 13.6. The molecule has 27 heavy (non-hydrogen) atoms. The van der Waals surface area contributed by atoms with Crippen molar-refractivity contribution in [2.45, 2.75) is 0 Å². The highest BCUT2D eigenvalue weighted by molar-refractivity contribution is 9.10. The first-order valence-corrected chi connectivity index (χ1v) is 8.89. The molecule has 0 unspecified atom stereocenters. The monoisotopic (exact) mass is 451 g/mol. The predicted octanol–water partition coefficient (Wildman–Crippen LogP) is 3.92. The number of hydrogen-bond donors (Lipinski definition) is 1. The van der Waals surface area contributed by atoms with Crippen molar-refractivity contribution >= 4 is 50.7 Å². The minimum absolute atomic E-state index is 0.0517. The number of aromatic nitrogens is 1. The lowest BCUT2D eigenvalue weighted by Gasteiger charge is -2.09. The Bertz CT molecular complexity index is 992. The molecular formula is C16H10BrN3O6S. The first-order chi connectivity index (χ1) is 12.8. The fourth-order valence-corrected chi connectivity index (χ4v) is 3.37. The van der Waals surface area contributed by atoms with Crippen LogP contribution >= 0.6 is 27.7 Å². The van der Waals surface area contributed by atoms with E-state index in [9.17, 15) is 24.8 Å². The summed E-state index contributed by atoms with van der Waals surface area (Å²) in [6.45, 7) is 0. The molecule has 0 aliphatic carbocycles. The Morgan fingerprint density at radius 1 is 1.37 bits per heavy atom. The van der Waals surface area contributed by atoms with E-state index in [0.29, 0.717) is 10.0 Å². The summed E-state index contributed by atoms with van der Waals surface area (Å²) in [7, 11) is 1.39.